The van der Waals surface area contributed by atoms with Gasteiger partial charge >= 0.3 is 0 Å². The van der Waals surface area contributed by atoms with Gasteiger partial charge in [-0.3, -0.25) is 14.4 Å². The number of hydrogen-bond donors (Lipinski definition) is 1. The summed E-state index contributed by atoms with van der Waals surface area (Å²) in [4.78, 5) is 16.3. The van der Waals surface area contributed by atoms with Gasteiger partial charge < -0.3 is 5.32 Å². The first kappa shape index (κ1) is 16.8. The van der Waals surface area contributed by atoms with E-state index in [1.807, 2.05) is 6.20 Å². The van der Waals surface area contributed by atoms with Gasteiger partial charge in [-0.05, 0) is 36.8 Å². The summed E-state index contributed by atoms with van der Waals surface area (Å²) in [5.74, 6) is 0.135. The van der Waals surface area contributed by atoms with E-state index in [0.29, 0.717) is 19.0 Å². The van der Waals surface area contributed by atoms with Crippen LogP contribution in [0.4, 0.5) is 0 Å². The Morgan fingerprint density at radius 1 is 1.32 bits per heavy atom. The van der Waals surface area contributed by atoms with Gasteiger partial charge in [-0.1, -0.05) is 18.9 Å². The smallest absolute Gasteiger partial charge is 0.222 e. The third-order valence-corrected chi connectivity index (χ3v) is 6.38. The van der Waals surface area contributed by atoms with Gasteiger partial charge in [0.05, 0.1) is 18.2 Å². The Morgan fingerprint density at radius 2 is 2.20 bits per heavy atom. The molecule has 0 aromatic carbocycles. The molecular weight excluding hydrogens is 332 g/mol. The third-order valence-electron chi connectivity index (χ3n) is 5.44. The Morgan fingerprint density at radius 3 is 3.00 bits per heavy atom. The van der Waals surface area contributed by atoms with Crippen LogP contribution < -0.4 is 5.32 Å². The minimum Gasteiger partial charge on any atom is -0.356 e. The van der Waals surface area contributed by atoms with E-state index in [1.54, 1.807) is 11.3 Å². The molecule has 0 bridgehead atoms. The summed E-state index contributed by atoms with van der Waals surface area (Å²) in [6.07, 6.45) is 8.58. The van der Waals surface area contributed by atoms with Crippen molar-refractivity contribution in [2.24, 2.45) is 0 Å². The van der Waals surface area contributed by atoms with E-state index in [1.165, 1.54) is 36.3 Å². The average Bonchev–Trinajstić information content (AvgIpc) is 3.36. The lowest BCUT2D eigenvalue weighted by Gasteiger charge is -2.37. The van der Waals surface area contributed by atoms with Crippen LogP contribution in [0.2, 0.25) is 0 Å². The molecule has 25 heavy (non-hydrogen) atoms. The molecule has 1 amide bonds. The SMILES string of the molecule is O=C(C[C@@H]1CN(C2CCCC2)Cc2ccnn21)NCCc1cccs1. The predicted molar refractivity (Wildman–Crippen MR) is 99.6 cm³/mol. The zero-order chi connectivity index (χ0) is 17.1. The number of nitrogens with zero attached hydrogens (tertiary/aromatic N) is 3. The molecule has 2 aliphatic rings. The maximum atomic E-state index is 12.4. The lowest BCUT2D eigenvalue weighted by atomic mass is 10.1. The van der Waals surface area contributed by atoms with Crippen LogP contribution in [0, 0.1) is 0 Å². The van der Waals surface area contributed by atoms with Crippen molar-refractivity contribution in [3.8, 4) is 0 Å². The molecule has 5 nitrogen and oxygen atoms in total. The van der Waals surface area contributed by atoms with E-state index >= 15 is 0 Å². The van der Waals surface area contributed by atoms with E-state index in [2.05, 4.69) is 43.6 Å². The van der Waals surface area contributed by atoms with Crippen LogP contribution in [0.25, 0.3) is 0 Å². The molecule has 1 atom stereocenters. The Balaban J connectivity index is 1.34. The summed E-state index contributed by atoms with van der Waals surface area (Å²) in [6.45, 7) is 2.63. The van der Waals surface area contributed by atoms with Crippen LogP contribution in [0.5, 0.6) is 0 Å². The molecule has 1 aliphatic heterocycles. The highest BCUT2D eigenvalue weighted by Crippen LogP contribution is 2.30. The highest BCUT2D eigenvalue weighted by atomic mass is 32.1. The van der Waals surface area contributed by atoms with Crippen molar-refractivity contribution in [2.75, 3.05) is 13.1 Å². The maximum Gasteiger partial charge on any atom is 0.222 e. The van der Waals surface area contributed by atoms with Gasteiger partial charge in [0, 0.05) is 36.8 Å². The molecule has 0 radical (unpaired) electrons. The van der Waals surface area contributed by atoms with Gasteiger partial charge in [-0.25, -0.2) is 0 Å². The molecule has 3 heterocycles. The summed E-state index contributed by atoms with van der Waals surface area (Å²) in [5.41, 5.74) is 1.24. The van der Waals surface area contributed by atoms with Gasteiger partial charge in [0.15, 0.2) is 0 Å². The predicted octanol–water partition coefficient (Wildman–Crippen LogP) is 2.99. The van der Waals surface area contributed by atoms with Crippen LogP contribution in [-0.4, -0.2) is 39.7 Å². The number of nitrogens with one attached hydrogen (secondary N) is 1. The highest BCUT2D eigenvalue weighted by Gasteiger charge is 2.32. The van der Waals surface area contributed by atoms with Crippen molar-refractivity contribution < 1.29 is 4.79 Å². The lowest BCUT2D eigenvalue weighted by Crippen LogP contribution is -2.44. The van der Waals surface area contributed by atoms with Gasteiger partial charge in [0.25, 0.3) is 0 Å². The van der Waals surface area contributed by atoms with Crippen LogP contribution in [0.3, 0.4) is 0 Å². The van der Waals surface area contributed by atoms with Crippen LogP contribution in [0.1, 0.15) is 48.7 Å². The summed E-state index contributed by atoms with van der Waals surface area (Å²) in [7, 11) is 0. The Kier molecular flexibility index (Phi) is 5.17. The minimum atomic E-state index is 0.135. The van der Waals surface area contributed by atoms with Crippen LogP contribution in [-0.2, 0) is 17.8 Å². The van der Waals surface area contributed by atoms with E-state index in [-0.39, 0.29) is 11.9 Å². The Hall–Kier alpha value is -1.66. The third kappa shape index (κ3) is 3.96. The zero-order valence-corrected chi connectivity index (χ0v) is 15.4. The first-order valence-electron chi connectivity index (χ1n) is 9.35. The molecule has 0 spiro atoms. The van der Waals surface area contributed by atoms with Crippen molar-refractivity contribution in [1.82, 2.24) is 20.0 Å². The topological polar surface area (TPSA) is 50.2 Å². The van der Waals surface area contributed by atoms with Gasteiger partial charge in [-0.15, -0.1) is 11.3 Å². The molecule has 2 aromatic rings. The van der Waals surface area contributed by atoms with Gasteiger partial charge in [-0.2, -0.15) is 5.10 Å². The van der Waals surface area contributed by atoms with Crippen molar-refractivity contribution in [3.05, 3.63) is 40.3 Å². The quantitative estimate of drug-likeness (QED) is 0.864. The highest BCUT2D eigenvalue weighted by molar-refractivity contribution is 7.09. The van der Waals surface area contributed by atoms with Crippen LogP contribution >= 0.6 is 11.3 Å². The first-order chi connectivity index (χ1) is 12.3. The standard InChI is InChI=1S/C19H26N4OS/c24-19(20-9-8-18-6-3-11-25-18)12-17-14-22(15-4-1-2-5-15)13-16-7-10-21-23(16)17/h3,6-7,10-11,15,17H,1-2,4-5,8-9,12-14H2,(H,20,24)/t17-/m1/s1. The summed E-state index contributed by atoms with van der Waals surface area (Å²) < 4.78 is 2.07. The molecule has 1 fully saturated rings. The van der Waals surface area contributed by atoms with Crippen molar-refractivity contribution in [1.29, 1.82) is 0 Å². The minimum absolute atomic E-state index is 0.135. The zero-order valence-electron chi connectivity index (χ0n) is 14.6. The lowest BCUT2D eigenvalue weighted by molar-refractivity contribution is -0.122. The fourth-order valence-electron chi connectivity index (χ4n) is 4.18. The maximum absolute atomic E-state index is 12.4. The van der Waals surface area contributed by atoms with Crippen molar-refractivity contribution in [2.45, 2.75) is 57.2 Å². The molecule has 6 heteroatoms. The Labute approximate surface area is 153 Å². The van der Waals surface area contributed by atoms with Crippen molar-refractivity contribution in [3.63, 3.8) is 0 Å². The number of hydrogen-bond acceptors (Lipinski definition) is 4. The molecular formula is C19H26N4OS. The number of thiophene rings is 1. The number of aromatic nitrogens is 2. The number of carbonyl (C=O) groups is 1. The fourth-order valence-corrected chi connectivity index (χ4v) is 4.89. The van der Waals surface area contributed by atoms with E-state index in [9.17, 15) is 4.79 Å². The van der Waals surface area contributed by atoms with Gasteiger partial charge in [0.2, 0.25) is 5.91 Å². The van der Waals surface area contributed by atoms with E-state index in [4.69, 9.17) is 0 Å². The second kappa shape index (κ2) is 7.70. The molecule has 0 saturated heterocycles. The first-order valence-corrected chi connectivity index (χ1v) is 10.2. The molecule has 1 saturated carbocycles. The summed E-state index contributed by atoms with van der Waals surface area (Å²) >= 11 is 1.74. The largest absolute Gasteiger partial charge is 0.356 e. The molecule has 0 unspecified atom stereocenters. The second-order valence-corrected chi connectivity index (χ2v) is 8.20. The summed E-state index contributed by atoms with van der Waals surface area (Å²) in [5, 5.41) is 9.65. The second-order valence-electron chi connectivity index (χ2n) is 7.17. The molecule has 1 N–H and O–H groups in total. The normalized spacial score (nSPS) is 21.4. The fraction of sp³-hybridized carbons (Fsp3) is 0.579. The number of carbonyl (C=O) groups excluding carboxylic acids is 1. The van der Waals surface area contributed by atoms with E-state index in [0.717, 1.165) is 19.5 Å². The summed E-state index contributed by atoms with van der Waals surface area (Å²) in [6, 6.07) is 7.12. The number of fused-ring (bicyclic) bond motifs is 1. The molecule has 4 rings (SSSR count). The average molecular weight is 359 g/mol. The molecule has 134 valence electrons. The van der Waals surface area contributed by atoms with Crippen molar-refractivity contribution >= 4 is 17.2 Å². The van der Waals surface area contributed by atoms with Gasteiger partial charge in [0.1, 0.15) is 0 Å². The molecule has 2 aromatic heterocycles. The molecule has 1 aliphatic carbocycles. The number of rotatable bonds is 6. The monoisotopic (exact) mass is 358 g/mol. The van der Waals surface area contributed by atoms with Crippen LogP contribution in [0.15, 0.2) is 29.8 Å². The Bertz CT molecular complexity index is 690. The van der Waals surface area contributed by atoms with E-state index < -0.39 is 0 Å². The number of amides is 1.